The standard InChI is InChI=1S/C6H4ClN3.Ag/c7-10-6-4-2-1-3-5(6)8-9-10;/h1-4H;/q;+1. The maximum absolute atomic E-state index is 5.62. The van der Waals surface area contributed by atoms with Crippen molar-refractivity contribution in [2.75, 3.05) is 0 Å². The van der Waals surface area contributed by atoms with Gasteiger partial charge >= 0.3 is 22.4 Å². The first-order valence-corrected chi connectivity index (χ1v) is 3.18. The first kappa shape index (κ1) is 8.74. The van der Waals surface area contributed by atoms with Crippen molar-refractivity contribution in [1.29, 1.82) is 0 Å². The Morgan fingerprint density at radius 2 is 2.00 bits per heavy atom. The average molecular weight is 261 g/mol. The van der Waals surface area contributed by atoms with Gasteiger partial charge in [-0.25, -0.2) is 0 Å². The zero-order chi connectivity index (χ0) is 6.97. The van der Waals surface area contributed by atoms with E-state index in [4.69, 9.17) is 11.8 Å². The van der Waals surface area contributed by atoms with Crippen LogP contribution in [-0.4, -0.2) is 14.5 Å². The summed E-state index contributed by atoms with van der Waals surface area (Å²) in [5.41, 5.74) is 1.65. The molecule has 60 valence electrons. The third-order valence-electron chi connectivity index (χ3n) is 1.31. The van der Waals surface area contributed by atoms with Gasteiger partial charge in [-0.05, 0) is 17.3 Å². The van der Waals surface area contributed by atoms with Crippen molar-refractivity contribution < 1.29 is 22.4 Å². The quantitative estimate of drug-likeness (QED) is 0.672. The van der Waals surface area contributed by atoms with E-state index < -0.39 is 0 Å². The summed E-state index contributed by atoms with van der Waals surface area (Å²) in [6.45, 7) is 0. The summed E-state index contributed by atoms with van der Waals surface area (Å²) in [7, 11) is 0. The fraction of sp³-hybridized carbons (Fsp3) is 0. The van der Waals surface area contributed by atoms with Crippen LogP contribution in [0, 0.1) is 0 Å². The summed E-state index contributed by atoms with van der Waals surface area (Å²) in [4.78, 5) is 0. The summed E-state index contributed by atoms with van der Waals surface area (Å²) in [5, 5.41) is 7.43. The average Bonchev–Trinajstić information content (AvgIpc) is 2.34. The van der Waals surface area contributed by atoms with Gasteiger partial charge in [-0.3, -0.25) is 0 Å². The molecule has 0 saturated heterocycles. The van der Waals surface area contributed by atoms with Crippen LogP contribution < -0.4 is 0 Å². The molecule has 11 heavy (non-hydrogen) atoms. The van der Waals surface area contributed by atoms with E-state index in [-0.39, 0.29) is 22.4 Å². The zero-order valence-electron chi connectivity index (χ0n) is 5.33. The van der Waals surface area contributed by atoms with E-state index in [2.05, 4.69) is 10.3 Å². The Morgan fingerprint density at radius 1 is 1.27 bits per heavy atom. The molecule has 0 aliphatic rings. The summed E-state index contributed by atoms with van der Waals surface area (Å²) >= 11 is 5.62. The number of para-hydroxylation sites is 1. The molecule has 1 heterocycles. The third kappa shape index (κ3) is 1.46. The van der Waals surface area contributed by atoms with Crippen LogP contribution in [0.5, 0.6) is 0 Å². The number of fused-ring (bicyclic) bond motifs is 1. The van der Waals surface area contributed by atoms with Crippen LogP contribution in [0.15, 0.2) is 24.3 Å². The van der Waals surface area contributed by atoms with Crippen molar-refractivity contribution >= 4 is 22.8 Å². The van der Waals surface area contributed by atoms with Crippen molar-refractivity contribution in [1.82, 2.24) is 14.5 Å². The molecule has 2 aromatic rings. The SMILES string of the molecule is Cln1nnc2ccccc21.[Ag+]. The fourth-order valence-corrected chi connectivity index (χ4v) is 1.02. The van der Waals surface area contributed by atoms with Gasteiger partial charge in [-0.15, -0.1) is 5.10 Å². The second-order valence-corrected chi connectivity index (χ2v) is 2.26. The molecule has 0 radical (unpaired) electrons. The van der Waals surface area contributed by atoms with Crippen LogP contribution in [0.2, 0.25) is 0 Å². The smallest absolute Gasteiger partial charge is 0.152 e. The van der Waals surface area contributed by atoms with Crippen LogP contribution in [0.4, 0.5) is 0 Å². The number of nitrogens with zero attached hydrogens (tertiary/aromatic N) is 3. The number of hydrogen-bond acceptors (Lipinski definition) is 2. The molecule has 2 rings (SSSR count). The van der Waals surface area contributed by atoms with Gasteiger partial charge < -0.3 is 0 Å². The Morgan fingerprint density at radius 3 is 2.73 bits per heavy atom. The first-order chi connectivity index (χ1) is 4.88. The van der Waals surface area contributed by atoms with Gasteiger partial charge in [-0.1, -0.05) is 12.1 Å². The largest absolute Gasteiger partial charge is 1.00 e. The molecule has 3 nitrogen and oxygen atoms in total. The van der Waals surface area contributed by atoms with Gasteiger partial charge in [0, 0.05) is 11.8 Å². The molecule has 0 N–H and O–H groups in total. The Kier molecular flexibility index (Phi) is 2.67. The molecule has 0 atom stereocenters. The van der Waals surface area contributed by atoms with Gasteiger partial charge in [0.1, 0.15) is 11.0 Å². The van der Waals surface area contributed by atoms with Crippen LogP contribution in [-0.2, 0) is 22.4 Å². The fourth-order valence-electron chi connectivity index (χ4n) is 0.840. The third-order valence-corrected chi connectivity index (χ3v) is 1.56. The van der Waals surface area contributed by atoms with E-state index in [0.29, 0.717) is 0 Å². The second-order valence-electron chi connectivity index (χ2n) is 1.94. The summed E-state index contributed by atoms with van der Waals surface area (Å²) in [6, 6.07) is 7.52. The first-order valence-electron chi connectivity index (χ1n) is 2.84. The maximum Gasteiger partial charge on any atom is 1.00 e. The van der Waals surface area contributed by atoms with Crippen molar-refractivity contribution in [3.05, 3.63) is 24.3 Å². The van der Waals surface area contributed by atoms with Crippen LogP contribution in [0.25, 0.3) is 11.0 Å². The molecule has 1 aromatic heterocycles. The van der Waals surface area contributed by atoms with Crippen molar-refractivity contribution in [3.63, 3.8) is 0 Å². The van der Waals surface area contributed by atoms with Gasteiger partial charge in [0.05, 0.1) is 0 Å². The van der Waals surface area contributed by atoms with E-state index in [0.717, 1.165) is 11.0 Å². The minimum Gasteiger partial charge on any atom is -0.152 e. The predicted octanol–water partition coefficient (Wildman–Crippen LogP) is 1.43. The maximum atomic E-state index is 5.62. The Bertz CT molecular complexity index is 359. The van der Waals surface area contributed by atoms with Crippen molar-refractivity contribution in [2.24, 2.45) is 0 Å². The number of rotatable bonds is 0. The van der Waals surface area contributed by atoms with Gasteiger partial charge in [0.25, 0.3) is 0 Å². The molecule has 0 fully saturated rings. The van der Waals surface area contributed by atoms with Crippen LogP contribution >= 0.6 is 11.8 Å². The molecule has 0 amide bonds. The van der Waals surface area contributed by atoms with E-state index in [9.17, 15) is 0 Å². The number of aromatic nitrogens is 3. The summed E-state index contributed by atoms with van der Waals surface area (Å²) in [5.74, 6) is 0. The molecule has 1 aromatic carbocycles. The second kappa shape index (κ2) is 3.36. The van der Waals surface area contributed by atoms with Crippen LogP contribution in [0.3, 0.4) is 0 Å². The zero-order valence-corrected chi connectivity index (χ0v) is 7.57. The van der Waals surface area contributed by atoms with Crippen LogP contribution in [0.1, 0.15) is 0 Å². The summed E-state index contributed by atoms with van der Waals surface area (Å²) < 4.78 is 1.23. The summed E-state index contributed by atoms with van der Waals surface area (Å²) in [6.07, 6.45) is 0. The van der Waals surface area contributed by atoms with E-state index in [1.165, 1.54) is 4.20 Å². The predicted molar refractivity (Wildman–Crippen MR) is 38.8 cm³/mol. The van der Waals surface area contributed by atoms with E-state index >= 15 is 0 Å². The molecular formula is C6H4AgClN3+. The Hall–Kier alpha value is -0.350. The molecule has 5 heteroatoms. The molecular weight excluding hydrogens is 257 g/mol. The molecule has 0 aliphatic carbocycles. The van der Waals surface area contributed by atoms with E-state index in [1.54, 1.807) is 0 Å². The monoisotopic (exact) mass is 260 g/mol. The molecule has 0 bridgehead atoms. The molecule has 0 aliphatic heterocycles. The molecule has 0 spiro atoms. The molecule has 0 saturated carbocycles. The topological polar surface area (TPSA) is 30.7 Å². The number of halogens is 1. The van der Waals surface area contributed by atoms with E-state index in [1.807, 2.05) is 24.3 Å². The number of hydrogen-bond donors (Lipinski definition) is 0. The number of benzene rings is 1. The van der Waals surface area contributed by atoms with Gasteiger partial charge in [-0.2, -0.15) is 4.20 Å². The normalized spacial score (nSPS) is 9.55. The minimum atomic E-state index is 0. The Labute approximate surface area is 84.0 Å². The van der Waals surface area contributed by atoms with Crippen molar-refractivity contribution in [3.8, 4) is 0 Å². The minimum absolute atomic E-state index is 0. The Balaban J connectivity index is 0.000000605. The van der Waals surface area contributed by atoms with Gasteiger partial charge in [0.2, 0.25) is 0 Å². The van der Waals surface area contributed by atoms with Gasteiger partial charge in [0.15, 0.2) is 0 Å². The van der Waals surface area contributed by atoms with Crippen molar-refractivity contribution in [2.45, 2.75) is 0 Å². The molecule has 0 unspecified atom stereocenters.